The van der Waals surface area contributed by atoms with E-state index in [-0.39, 0.29) is 17.1 Å². The van der Waals surface area contributed by atoms with E-state index in [0.717, 1.165) is 35.5 Å². The molecule has 0 aliphatic rings. The van der Waals surface area contributed by atoms with E-state index in [1.807, 2.05) is 56.4 Å². The standard InChI is InChI=1S/C15H16N2.C10H12N.Fe/c1-3-13-7-4-5-9-15(13)17-12(2)14-8-6-10-16-11-14;1-3-9-7-5-6-8-10(9)11-4-2;/h4-11H,3H2,1-2H3;5-8H,3H2,1-2H3;/q;-1;. The van der Waals surface area contributed by atoms with Crippen LogP contribution in [-0.2, 0) is 29.9 Å². The van der Waals surface area contributed by atoms with Crippen molar-refractivity contribution in [2.75, 3.05) is 0 Å². The summed E-state index contributed by atoms with van der Waals surface area (Å²) in [5.41, 5.74) is 6.71. The molecule has 2 aromatic carbocycles. The Bertz CT molecular complexity index is 918. The maximum absolute atomic E-state index is 4.68. The molecular formula is C25H28FeN3-. The minimum Gasteiger partial charge on any atom is -0.456 e. The fourth-order valence-corrected chi connectivity index (χ4v) is 2.78. The number of pyridine rings is 1. The van der Waals surface area contributed by atoms with Gasteiger partial charge in [-0.05, 0) is 37.5 Å². The first-order valence-electron chi connectivity index (χ1n) is 9.68. The van der Waals surface area contributed by atoms with E-state index in [1.54, 1.807) is 6.20 Å². The number of hydrogen-bond acceptors (Lipinski definition) is 3. The number of aromatic nitrogens is 1. The van der Waals surface area contributed by atoms with Gasteiger partial charge in [-0.2, -0.15) is 6.21 Å². The topological polar surface area (TPSA) is 37.6 Å². The Kier molecular flexibility index (Phi) is 11.5. The molecule has 29 heavy (non-hydrogen) atoms. The number of aliphatic imine (C=N–C) groups is 2. The van der Waals surface area contributed by atoms with Crippen LogP contribution < -0.4 is 0 Å². The molecule has 0 amide bonds. The van der Waals surface area contributed by atoms with Gasteiger partial charge in [0.2, 0.25) is 0 Å². The van der Waals surface area contributed by atoms with Crippen molar-refractivity contribution in [3.63, 3.8) is 0 Å². The number of rotatable bonds is 5. The third-order valence-corrected chi connectivity index (χ3v) is 4.34. The van der Waals surface area contributed by atoms with Crippen LogP contribution in [0, 0.1) is 0 Å². The van der Waals surface area contributed by atoms with Crippen LogP contribution in [0.1, 0.15) is 44.4 Å². The van der Waals surface area contributed by atoms with Gasteiger partial charge in [-0.1, -0.05) is 62.0 Å². The molecule has 0 aliphatic heterocycles. The van der Waals surface area contributed by atoms with Crippen molar-refractivity contribution < 1.29 is 17.1 Å². The molecule has 3 nitrogen and oxygen atoms in total. The number of hydrogen-bond donors (Lipinski definition) is 0. The second-order valence-corrected chi connectivity index (χ2v) is 6.24. The molecule has 1 aromatic heterocycles. The van der Waals surface area contributed by atoms with E-state index in [2.05, 4.69) is 59.3 Å². The van der Waals surface area contributed by atoms with E-state index in [4.69, 9.17) is 0 Å². The minimum absolute atomic E-state index is 0. The maximum Gasteiger partial charge on any atom is 0.0664 e. The summed E-state index contributed by atoms with van der Waals surface area (Å²) >= 11 is 0. The molecule has 0 unspecified atom stereocenters. The normalized spacial score (nSPS) is 10.8. The predicted octanol–water partition coefficient (Wildman–Crippen LogP) is 6.63. The third-order valence-electron chi connectivity index (χ3n) is 4.34. The second-order valence-electron chi connectivity index (χ2n) is 6.24. The Morgan fingerprint density at radius 2 is 1.45 bits per heavy atom. The van der Waals surface area contributed by atoms with Crippen LogP contribution in [0.5, 0.6) is 0 Å². The summed E-state index contributed by atoms with van der Waals surface area (Å²) in [5.74, 6) is 0. The first-order chi connectivity index (χ1) is 13.7. The van der Waals surface area contributed by atoms with E-state index < -0.39 is 0 Å². The van der Waals surface area contributed by atoms with E-state index in [0.29, 0.717) is 0 Å². The molecule has 4 heteroatoms. The van der Waals surface area contributed by atoms with Gasteiger partial charge in [0, 0.05) is 40.7 Å². The minimum atomic E-state index is 0. The fourth-order valence-electron chi connectivity index (χ4n) is 2.78. The van der Waals surface area contributed by atoms with Crippen molar-refractivity contribution in [1.29, 1.82) is 0 Å². The van der Waals surface area contributed by atoms with E-state index in [1.165, 1.54) is 11.1 Å². The Labute approximate surface area is 185 Å². The molecule has 0 aliphatic carbocycles. The molecule has 3 aromatic rings. The van der Waals surface area contributed by atoms with Crippen molar-refractivity contribution in [3.8, 4) is 0 Å². The predicted molar refractivity (Wildman–Crippen MR) is 121 cm³/mol. The van der Waals surface area contributed by atoms with Gasteiger partial charge in [-0.15, -0.1) is 18.6 Å². The van der Waals surface area contributed by atoms with Gasteiger partial charge in [0.1, 0.15) is 0 Å². The van der Waals surface area contributed by atoms with E-state index in [9.17, 15) is 0 Å². The Hall–Kier alpha value is -2.55. The van der Waals surface area contributed by atoms with Crippen LogP contribution in [0.15, 0.2) is 83.0 Å². The monoisotopic (exact) mass is 426 g/mol. The molecule has 152 valence electrons. The zero-order chi connectivity index (χ0) is 20.2. The second kappa shape index (κ2) is 13.6. The number of aryl methyl sites for hydroxylation is 2. The largest absolute Gasteiger partial charge is 0.456 e. The molecule has 0 saturated carbocycles. The maximum atomic E-state index is 4.68. The first-order valence-corrected chi connectivity index (χ1v) is 9.68. The van der Waals surface area contributed by atoms with Gasteiger partial charge in [0.15, 0.2) is 0 Å². The summed E-state index contributed by atoms with van der Waals surface area (Å²) < 4.78 is 0. The van der Waals surface area contributed by atoms with Gasteiger partial charge in [0.05, 0.1) is 5.69 Å². The number of para-hydroxylation sites is 2. The first kappa shape index (κ1) is 24.5. The van der Waals surface area contributed by atoms with Crippen LogP contribution in [0.4, 0.5) is 11.4 Å². The fraction of sp³-hybridized carbons (Fsp3) is 0.240. The quantitative estimate of drug-likeness (QED) is 0.256. The van der Waals surface area contributed by atoms with Crippen LogP contribution in [0.2, 0.25) is 0 Å². The third kappa shape index (κ3) is 7.77. The number of nitrogens with zero attached hydrogens (tertiary/aromatic N) is 3. The van der Waals surface area contributed by atoms with Crippen molar-refractivity contribution in [2.45, 2.75) is 40.5 Å². The van der Waals surface area contributed by atoms with Crippen molar-refractivity contribution in [3.05, 3.63) is 89.7 Å². The van der Waals surface area contributed by atoms with Gasteiger partial charge in [-0.3, -0.25) is 9.98 Å². The summed E-state index contributed by atoms with van der Waals surface area (Å²) in [5, 5.41) is 0. The SMILES string of the molecule is CCc1ccccc1N=C(C)c1cccnc1.C[C-]=Nc1ccccc1CC.[Fe]. The van der Waals surface area contributed by atoms with Gasteiger partial charge < -0.3 is 4.99 Å². The van der Waals surface area contributed by atoms with Crippen LogP contribution in [0.25, 0.3) is 0 Å². The molecule has 0 saturated heterocycles. The molecule has 0 spiro atoms. The van der Waals surface area contributed by atoms with Crippen molar-refractivity contribution >= 4 is 23.3 Å². The van der Waals surface area contributed by atoms with Crippen molar-refractivity contribution in [2.24, 2.45) is 9.98 Å². The van der Waals surface area contributed by atoms with Crippen LogP contribution in [-0.4, -0.2) is 16.9 Å². The molecule has 0 N–H and O–H groups in total. The summed E-state index contributed by atoms with van der Waals surface area (Å²) in [6.07, 6.45) is 8.43. The van der Waals surface area contributed by atoms with E-state index >= 15 is 0 Å². The van der Waals surface area contributed by atoms with Gasteiger partial charge in [-0.25, -0.2) is 0 Å². The zero-order valence-electron chi connectivity index (χ0n) is 17.5. The zero-order valence-corrected chi connectivity index (χ0v) is 18.6. The van der Waals surface area contributed by atoms with Gasteiger partial charge >= 0.3 is 0 Å². The summed E-state index contributed by atoms with van der Waals surface area (Å²) in [6.45, 7) is 8.10. The summed E-state index contributed by atoms with van der Waals surface area (Å²) in [7, 11) is 0. The average Bonchev–Trinajstić information content (AvgIpc) is 2.76. The van der Waals surface area contributed by atoms with Gasteiger partial charge in [0.25, 0.3) is 0 Å². The molecule has 0 fully saturated rings. The molecular weight excluding hydrogens is 398 g/mol. The van der Waals surface area contributed by atoms with Crippen LogP contribution >= 0.6 is 0 Å². The Morgan fingerprint density at radius 1 is 0.862 bits per heavy atom. The molecule has 3 rings (SSSR count). The smallest absolute Gasteiger partial charge is 0.0664 e. The molecule has 1 heterocycles. The molecule has 0 radical (unpaired) electrons. The number of benzene rings is 2. The Morgan fingerprint density at radius 3 is 2.00 bits per heavy atom. The van der Waals surface area contributed by atoms with Crippen LogP contribution in [0.3, 0.4) is 0 Å². The molecule has 0 bridgehead atoms. The summed E-state index contributed by atoms with van der Waals surface area (Å²) in [6, 6.07) is 20.3. The summed E-state index contributed by atoms with van der Waals surface area (Å²) in [4.78, 5) is 12.9. The molecule has 0 atom stereocenters. The average molecular weight is 426 g/mol. The Balaban J connectivity index is 0.000000306. The van der Waals surface area contributed by atoms with Crippen molar-refractivity contribution in [1.82, 2.24) is 4.98 Å².